The van der Waals surface area contributed by atoms with Gasteiger partial charge in [-0.15, -0.1) is 0 Å². The van der Waals surface area contributed by atoms with Crippen molar-refractivity contribution in [1.29, 1.82) is 0 Å². The maximum Gasteiger partial charge on any atom is 0.194 e. The van der Waals surface area contributed by atoms with Gasteiger partial charge in [-0.2, -0.15) is 0 Å². The van der Waals surface area contributed by atoms with Crippen molar-refractivity contribution in [1.82, 2.24) is 15.2 Å². The van der Waals surface area contributed by atoms with Gasteiger partial charge in [0.1, 0.15) is 17.2 Å². The summed E-state index contributed by atoms with van der Waals surface area (Å²) in [6.07, 6.45) is 1.83. The van der Waals surface area contributed by atoms with Crippen molar-refractivity contribution in [3.8, 4) is 17.2 Å². The van der Waals surface area contributed by atoms with Gasteiger partial charge in [0.2, 0.25) is 0 Å². The van der Waals surface area contributed by atoms with Crippen molar-refractivity contribution in [3.05, 3.63) is 46.8 Å². The van der Waals surface area contributed by atoms with Crippen LogP contribution in [0.4, 0.5) is 0 Å². The van der Waals surface area contributed by atoms with Crippen molar-refractivity contribution >= 4 is 5.96 Å². The number of pyridine rings is 1. The molecule has 7 heteroatoms. The summed E-state index contributed by atoms with van der Waals surface area (Å²) in [6, 6.07) is 5.80. The lowest BCUT2D eigenvalue weighted by atomic mass is 10.1. The Morgan fingerprint density at radius 2 is 1.89 bits per heavy atom. The molecule has 1 aromatic heterocycles. The molecule has 1 N–H and O–H groups in total. The molecule has 2 aromatic rings. The minimum atomic E-state index is 0.555. The highest BCUT2D eigenvalue weighted by molar-refractivity contribution is 5.79. The molecule has 0 saturated heterocycles. The largest absolute Gasteiger partial charge is 0.497 e. The fourth-order valence-corrected chi connectivity index (χ4v) is 3.11. The SMILES string of the molecule is CN=C(NCc1ncc(C)c(OC)c1C)N(C)Cc1ccc(OC)cc1OC. The van der Waals surface area contributed by atoms with Gasteiger partial charge in [-0.3, -0.25) is 9.98 Å². The Labute approximate surface area is 167 Å². The number of aryl methyl sites for hydroxylation is 1. The van der Waals surface area contributed by atoms with Crippen LogP contribution < -0.4 is 19.5 Å². The van der Waals surface area contributed by atoms with Gasteiger partial charge in [-0.25, -0.2) is 0 Å². The van der Waals surface area contributed by atoms with Gasteiger partial charge in [0, 0.05) is 49.6 Å². The molecule has 0 unspecified atom stereocenters. The lowest BCUT2D eigenvalue weighted by Gasteiger charge is -2.23. The third kappa shape index (κ3) is 4.85. The molecular weight excluding hydrogens is 356 g/mol. The highest BCUT2D eigenvalue weighted by Crippen LogP contribution is 2.26. The Morgan fingerprint density at radius 1 is 1.14 bits per heavy atom. The summed E-state index contributed by atoms with van der Waals surface area (Å²) in [6.45, 7) is 5.20. The molecule has 0 aliphatic rings. The number of methoxy groups -OCH3 is 3. The van der Waals surface area contributed by atoms with E-state index in [0.717, 1.165) is 45.6 Å². The molecule has 0 bridgehead atoms. The number of nitrogens with one attached hydrogen (secondary N) is 1. The first-order chi connectivity index (χ1) is 13.4. The Morgan fingerprint density at radius 3 is 2.50 bits per heavy atom. The van der Waals surface area contributed by atoms with E-state index in [1.54, 1.807) is 28.4 Å². The molecule has 0 fully saturated rings. The third-order valence-corrected chi connectivity index (χ3v) is 4.64. The lowest BCUT2D eigenvalue weighted by Crippen LogP contribution is -2.38. The lowest BCUT2D eigenvalue weighted by molar-refractivity contribution is 0.382. The molecule has 7 nitrogen and oxygen atoms in total. The molecule has 2 rings (SSSR count). The number of benzene rings is 1. The minimum absolute atomic E-state index is 0.555. The van der Waals surface area contributed by atoms with Gasteiger partial charge >= 0.3 is 0 Å². The van der Waals surface area contributed by atoms with E-state index in [2.05, 4.69) is 15.3 Å². The van der Waals surface area contributed by atoms with Crippen LogP contribution in [0.3, 0.4) is 0 Å². The van der Waals surface area contributed by atoms with E-state index >= 15 is 0 Å². The molecule has 152 valence electrons. The van der Waals surface area contributed by atoms with Crippen LogP contribution in [0.1, 0.15) is 22.4 Å². The molecule has 1 aromatic carbocycles. The average molecular weight is 386 g/mol. The van der Waals surface area contributed by atoms with E-state index in [4.69, 9.17) is 14.2 Å². The number of nitrogens with zero attached hydrogens (tertiary/aromatic N) is 3. The number of rotatable bonds is 7. The maximum atomic E-state index is 5.49. The summed E-state index contributed by atoms with van der Waals surface area (Å²) >= 11 is 0. The minimum Gasteiger partial charge on any atom is -0.497 e. The van der Waals surface area contributed by atoms with Crippen LogP contribution in [0.25, 0.3) is 0 Å². The second kappa shape index (κ2) is 9.82. The summed E-state index contributed by atoms with van der Waals surface area (Å²) in [5.74, 6) is 3.18. The second-order valence-electron chi connectivity index (χ2n) is 6.48. The van der Waals surface area contributed by atoms with Crippen molar-refractivity contribution in [2.45, 2.75) is 26.9 Å². The number of aliphatic imine (C=N–C) groups is 1. The van der Waals surface area contributed by atoms with Crippen LogP contribution >= 0.6 is 0 Å². The monoisotopic (exact) mass is 386 g/mol. The summed E-state index contributed by atoms with van der Waals surface area (Å²) < 4.78 is 16.2. The zero-order valence-electron chi connectivity index (χ0n) is 17.8. The molecule has 1 heterocycles. The molecular formula is C21H30N4O3. The van der Waals surface area contributed by atoms with Crippen LogP contribution in [0.15, 0.2) is 29.4 Å². The number of aromatic nitrogens is 1. The fraction of sp³-hybridized carbons (Fsp3) is 0.429. The van der Waals surface area contributed by atoms with E-state index < -0.39 is 0 Å². The number of hydrogen-bond donors (Lipinski definition) is 1. The predicted octanol–water partition coefficient (Wildman–Crippen LogP) is 2.93. The Hall–Kier alpha value is -2.96. The molecule has 0 saturated carbocycles. The second-order valence-corrected chi connectivity index (χ2v) is 6.48. The van der Waals surface area contributed by atoms with E-state index in [9.17, 15) is 0 Å². The molecule has 0 radical (unpaired) electrons. The summed E-state index contributed by atoms with van der Waals surface area (Å²) in [7, 11) is 8.73. The predicted molar refractivity (Wildman–Crippen MR) is 111 cm³/mol. The maximum absolute atomic E-state index is 5.49. The quantitative estimate of drug-likeness (QED) is 0.583. The molecule has 28 heavy (non-hydrogen) atoms. The Kier molecular flexibility index (Phi) is 7.49. The Bertz CT molecular complexity index is 837. The van der Waals surface area contributed by atoms with Gasteiger partial charge in [-0.1, -0.05) is 0 Å². The average Bonchev–Trinajstić information content (AvgIpc) is 2.70. The van der Waals surface area contributed by atoms with Gasteiger partial charge in [0.25, 0.3) is 0 Å². The van der Waals surface area contributed by atoms with Crippen LogP contribution in [-0.4, -0.2) is 51.3 Å². The van der Waals surface area contributed by atoms with Crippen molar-refractivity contribution in [2.75, 3.05) is 35.4 Å². The third-order valence-electron chi connectivity index (χ3n) is 4.64. The molecule has 0 aliphatic heterocycles. The summed E-state index contributed by atoms with van der Waals surface area (Å²) in [5.41, 5.74) is 4.03. The van der Waals surface area contributed by atoms with Crippen molar-refractivity contribution in [2.24, 2.45) is 4.99 Å². The first-order valence-corrected chi connectivity index (χ1v) is 9.06. The molecule has 0 spiro atoms. The van der Waals surface area contributed by atoms with Crippen LogP contribution in [0.5, 0.6) is 17.2 Å². The molecule has 0 aliphatic carbocycles. The smallest absolute Gasteiger partial charge is 0.194 e. The van der Waals surface area contributed by atoms with E-state index in [-0.39, 0.29) is 0 Å². The fourth-order valence-electron chi connectivity index (χ4n) is 3.11. The first kappa shape index (κ1) is 21.3. The van der Waals surface area contributed by atoms with Crippen molar-refractivity contribution in [3.63, 3.8) is 0 Å². The van der Waals surface area contributed by atoms with Crippen molar-refractivity contribution < 1.29 is 14.2 Å². The Balaban J connectivity index is 2.10. The number of guanidine groups is 1. The zero-order chi connectivity index (χ0) is 20.7. The normalized spacial score (nSPS) is 11.2. The molecule has 0 atom stereocenters. The first-order valence-electron chi connectivity index (χ1n) is 9.06. The zero-order valence-corrected chi connectivity index (χ0v) is 17.8. The van der Waals surface area contributed by atoms with Gasteiger partial charge in [0.15, 0.2) is 5.96 Å². The van der Waals surface area contributed by atoms with E-state index in [0.29, 0.717) is 13.1 Å². The topological polar surface area (TPSA) is 68.2 Å². The van der Waals surface area contributed by atoms with Crippen LogP contribution in [0.2, 0.25) is 0 Å². The summed E-state index contributed by atoms with van der Waals surface area (Å²) in [5, 5.41) is 3.37. The highest BCUT2D eigenvalue weighted by atomic mass is 16.5. The highest BCUT2D eigenvalue weighted by Gasteiger charge is 2.13. The van der Waals surface area contributed by atoms with Crippen LogP contribution in [0, 0.1) is 13.8 Å². The van der Waals surface area contributed by atoms with E-state index in [1.807, 2.05) is 50.2 Å². The van der Waals surface area contributed by atoms with Gasteiger partial charge in [0.05, 0.1) is 33.6 Å². The summed E-state index contributed by atoms with van der Waals surface area (Å²) in [4.78, 5) is 11.0. The number of hydrogen-bond acceptors (Lipinski definition) is 5. The van der Waals surface area contributed by atoms with E-state index in [1.165, 1.54) is 0 Å². The van der Waals surface area contributed by atoms with Crippen LogP contribution in [-0.2, 0) is 13.1 Å². The molecule has 0 amide bonds. The van der Waals surface area contributed by atoms with Gasteiger partial charge < -0.3 is 24.4 Å². The van der Waals surface area contributed by atoms with Gasteiger partial charge in [-0.05, 0) is 26.0 Å². The standard InChI is InChI=1S/C21H30N4O3/c1-14-11-23-18(15(2)20(14)28-7)12-24-21(22-3)25(4)13-16-8-9-17(26-5)10-19(16)27-6/h8-11H,12-13H2,1-7H3,(H,22,24). The number of ether oxygens (including phenoxy) is 3.